The number of hydrogen-bond acceptors (Lipinski definition) is 1. The molecule has 1 aliphatic rings. The van der Waals surface area contributed by atoms with E-state index < -0.39 is 0 Å². The molecule has 0 aromatic rings. The van der Waals surface area contributed by atoms with Gasteiger partial charge in [0.05, 0.1) is 0 Å². The first kappa shape index (κ1) is 15.7. The number of rotatable bonds is 4. The molecule has 0 N–H and O–H groups in total. The van der Waals surface area contributed by atoms with Gasteiger partial charge < -0.3 is 0 Å². The van der Waals surface area contributed by atoms with Crippen molar-refractivity contribution >= 4 is 5.78 Å². The second-order valence-corrected chi connectivity index (χ2v) is 7.96. The maximum atomic E-state index is 12.5. The average molecular weight is 252 g/mol. The monoisotopic (exact) mass is 252 g/mol. The predicted octanol–water partition coefficient (Wildman–Crippen LogP) is 5.09. The Balaban J connectivity index is 2.61. The molecule has 1 nitrogen and oxygen atoms in total. The zero-order valence-electron chi connectivity index (χ0n) is 13.3. The molecule has 1 heteroatoms. The molecule has 1 saturated carbocycles. The number of carbonyl (C=O) groups is 1. The van der Waals surface area contributed by atoms with Gasteiger partial charge in [-0.25, -0.2) is 0 Å². The van der Waals surface area contributed by atoms with E-state index in [2.05, 4.69) is 41.5 Å². The highest BCUT2D eigenvalue weighted by Gasteiger charge is 2.35. The summed E-state index contributed by atoms with van der Waals surface area (Å²) in [4.78, 5) is 12.5. The van der Waals surface area contributed by atoms with E-state index in [4.69, 9.17) is 0 Å². The Morgan fingerprint density at radius 3 is 2.33 bits per heavy atom. The van der Waals surface area contributed by atoms with Crippen LogP contribution in [0, 0.1) is 29.1 Å². The Bertz CT molecular complexity index is 272. The normalized spacial score (nSPS) is 29.6. The summed E-state index contributed by atoms with van der Waals surface area (Å²) >= 11 is 0. The third-order valence-corrected chi connectivity index (χ3v) is 4.56. The molecule has 3 atom stereocenters. The quantitative estimate of drug-likeness (QED) is 0.681. The van der Waals surface area contributed by atoms with Crippen LogP contribution in [0.4, 0.5) is 0 Å². The van der Waals surface area contributed by atoms with Gasteiger partial charge in [-0.1, -0.05) is 48.0 Å². The third kappa shape index (κ3) is 4.74. The van der Waals surface area contributed by atoms with E-state index in [1.165, 1.54) is 12.8 Å². The van der Waals surface area contributed by atoms with Gasteiger partial charge in [0.25, 0.3) is 0 Å². The fourth-order valence-corrected chi connectivity index (χ4v) is 3.26. The second kappa shape index (κ2) is 6.21. The number of Topliss-reactive ketones (excluding diaryl/α,β-unsaturated/α-hetero) is 1. The minimum Gasteiger partial charge on any atom is -0.299 e. The highest BCUT2D eigenvalue weighted by Crippen LogP contribution is 2.39. The molecule has 0 saturated heterocycles. The summed E-state index contributed by atoms with van der Waals surface area (Å²) in [6, 6.07) is 0. The number of hydrogen-bond donors (Lipinski definition) is 0. The Morgan fingerprint density at radius 1 is 1.22 bits per heavy atom. The van der Waals surface area contributed by atoms with Crippen molar-refractivity contribution < 1.29 is 4.79 Å². The van der Waals surface area contributed by atoms with Crippen molar-refractivity contribution in [2.75, 3.05) is 0 Å². The van der Waals surface area contributed by atoms with Crippen LogP contribution in [0.15, 0.2) is 0 Å². The minimum atomic E-state index is 0.281. The zero-order valence-corrected chi connectivity index (χ0v) is 13.3. The van der Waals surface area contributed by atoms with Crippen LogP contribution in [0.5, 0.6) is 0 Å². The maximum Gasteiger partial charge on any atom is 0.136 e. The molecule has 1 aliphatic carbocycles. The molecule has 0 aliphatic heterocycles. The molecule has 0 bridgehead atoms. The van der Waals surface area contributed by atoms with E-state index in [0.717, 1.165) is 25.2 Å². The summed E-state index contributed by atoms with van der Waals surface area (Å²) in [7, 11) is 0. The van der Waals surface area contributed by atoms with E-state index >= 15 is 0 Å². The Hall–Kier alpha value is -0.330. The van der Waals surface area contributed by atoms with Crippen LogP contribution in [0.2, 0.25) is 0 Å². The summed E-state index contributed by atoms with van der Waals surface area (Å²) in [6.07, 6.45) is 5.51. The zero-order chi connectivity index (χ0) is 13.9. The van der Waals surface area contributed by atoms with Crippen molar-refractivity contribution in [3.8, 4) is 0 Å². The third-order valence-electron chi connectivity index (χ3n) is 4.56. The van der Waals surface area contributed by atoms with Crippen LogP contribution in [-0.4, -0.2) is 5.78 Å². The van der Waals surface area contributed by atoms with Crippen molar-refractivity contribution in [2.24, 2.45) is 29.1 Å². The molecule has 1 rings (SSSR count). The molecule has 0 spiro atoms. The molecule has 1 fully saturated rings. The average Bonchev–Trinajstić information content (AvgIpc) is 2.24. The molecule has 106 valence electrons. The second-order valence-electron chi connectivity index (χ2n) is 7.96. The number of carbonyl (C=O) groups excluding carboxylic acids is 1. The highest BCUT2D eigenvalue weighted by molar-refractivity contribution is 5.81. The van der Waals surface area contributed by atoms with Gasteiger partial charge in [0.2, 0.25) is 0 Å². The van der Waals surface area contributed by atoms with Crippen molar-refractivity contribution in [3.05, 3.63) is 0 Å². The van der Waals surface area contributed by atoms with Crippen LogP contribution in [0.3, 0.4) is 0 Å². The largest absolute Gasteiger partial charge is 0.299 e. The van der Waals surface area contributed by atoms with Crippen LogP contribution >= 0.6 is 0 Å². The lowest BCUT2D eigenvalue weighted by Gasteiger charge is -2.36. The van der Waals surface area contributed by atoms with E-state index in [1.807, 2.05) is 0 Å². The van der Waals surface area contributed by atoms with Gasteiger partial charge in [-0.15, -0.1) is 0 Å². The lowest BCUT2D eigenvalue weighted by molar-refractivity contribution is -0.127. The van der Waals surface area contributed by atoms with E-state index in [1.54, 1.807) is 0 Å². The van der Waals surface area contributed by atoms with Crippen molar-refractivity contribution in [1.29, 1.82) is 0 Å². The van der Waals surface area contributed by atoms with Crippen LogP contribution in [0.1, 0.15) is 73.6 Å². The van der Waals surface area contributed by atoms with Gasteiger partial charge >= 0.3 is 0 Å². The molecular formula is C17H32O. The predicted molar refractivity (Wildman–Crippen MR) is 78.5 cm³/mol. The first-order chi connectivity index (χ1) is 8.20. The van der Waals surface area contributed by atoms with E-state index in [0.29, 0.717) is 23.5 Å². The summed E-state index contributed by atoms with van der Waals surface area (Å²) in [6.45, 7) is 13.5. The summed E-state index contributed by atoms with van der Waals surface area (Å²) in [5.74, 6) is 2.91. The minimum absolute atomic E-state index is 0.281. The number of ketones is 1. The summed E-state index contributed by atoms with van der Waals surface area (Å²) < 4.78 is 0. The molecule has 0 radical (unpaired) electrons. The molecule has 0 aromatic heterocycles. The van der Waals surface area contributed by atoms with Crippen molar-refractivity contribution in [3.63, 3.8) is 0 Å². The van der Waals surface area contributed by atoms with Crippen LogP contribution in [0.25, 0.3) is 0 Å². The van der Waals surface area contributed by atoms with Gasteiger partial charge in [-0.2, -0.15) is 0 Å². The molecular weight excluding hydrogens is 220 g/mol. The van der Waals surface area contributed by atoms with Gasteiger partial charge in [0.1, 0.15) is 5.78 Å². The van der Waals surface area contributed by atoms with E-state index in [-0.39, 0.29) is 5.41 Å². The standard InChI is InChI=1S/C17H32O/c1-12(2)14-8-7-13(3)11-15(14)16(18)9-10-17(4,5)6/h12-15H,7-11H2,1-6H3. The summed E-state index contributed by atoms with van der Waals surface area (Å²) in [5, 5.41) is 0. The Kier molecular flexibility index (Phi) is 5.43. The Labute approximate surface area is 114 Å². The fourth-order valence-electron chi connectivity index (χ4n) is 3.26. The lowest BCUT2D eigenvalue weighted by atomic mass is 9.67. The summed E-state index contributed by atoms with van der Waals surface area (Å²) in [5.41, 5.74) is 0.281. The van der Waals surface area contributed by atoms with Crippen molar-refractivity contribution in [2.45, 2.75) is 73.6 Å². The van der Waals surface area contributed by atoms with Gasteiger partial charge in [-0.05, 0) is 42.4 Å². The van der Waals surface area contributed by atoms with Crippen LogP contribution < -0.4 is 0 Å². The lowest BCUT2D eigenvalue weighted by Crippen LogP contribution is -2.33. The SMILES string of the molecule is CC1CCC(C(C)C)C(C(=O)CCC(C)(C)C)C1. The topological polar surface area (TPSA) is 17.1 Å². The molecule has 0 heterocycles. The molecule has 18 heavy (non-hydrogen) atoms. The van der Waals surface area contributed by atoms with E-state index in [9.17, 15) is 4.79 Å². The highest BCUT2D eigenvalue weighted by atomic mass is 16.1. The van der Waals surface area contributed by atoms with Gasteiger partial charge in [0, 0.05) is 12.3 Å². The van der Waals surface area contributed by atoms with Crippen LogP contribution in [-0.2, 0) is 4.79 Å². The fraction of sp³-hybridized carbons (Fsp3) is 0.941. The molecule has 0 aromatic carbocycles. The smallest absolute Gasteiger partial charge is 0.136 e. The Morgan fingerprint density at radius 2 is 1.83 bits per heavy atom. The first-order valence-corrected chi connectivity index (χ1v) is 7.73. The first-order valence-electron chi connectivity index (χ1n) is 7.73. The van der Waals surface area contributed by atoms with Gasteiger partial charge in [-0.3, -0.25) is 4.79 Å². The molecule has 3 unspecified atom stereocenters. The van der Waals surface area contributed by atoms with Gasteiger partial charge in [0.15, 0.2) is 0 Å². The molecule has 0 amide bonds. The van der Waals surface area contributed by atoms with Crippen molar-refractivity contribution in [1.82, 2.24) is 0 Å². The maximum absolute atomic E-state index is 12.5.